The Labute approximate surface area is 275 Å². The Kier molecular flexibility index (Phi) is 29.3. The maximum atomic E-state index is 12.6. The van der Waals surface area contributed by atoms with Crippen LogP contribution in [0.5, 0.6) is 0 Å². The van der Waals surface area contributed by atoms with Crippen LogP contribution in [0.25, 0.3) is 0 Å². The molecule has 0 aliphatic carbocycles. The standard InChI is InChI=1S/C40H77N3O/c1-4-6-8-10-12-14-16-18-20-22-24-26-28-30-32-34-39-41-36-37-43(39)38(3)42-40(44)35-33-31-29-27-25-23-21-19-17-15-13-11-9-7-5-2/h36-38H,4-35H2,1-3H3,(H,42,44). The largest absolute Gasteiger partial charge is 0.336 e. The third-order valence-corrected chi connectivity index (χ3v) is 9.55. The van der Waals surface area contributed by atoms with Gasteiger partial charge in [0.2, 0.25) is 5.91 Å². The van der Waals surface area contributed by atoms with E-state index in [1.54, 1.807) is 0 Å². The van der Waals surface area contributed by atoms with Crippen molar-refractivity contribution in [1.82, 2.24) is 14.9 Å². The molecule has 1 heterocycles. The van der Waals surface area contributed by atoms with Crippen LogP contribution in [0.1, 0.15) is 232 Å². The van der Waals surface area contributed by atoms with Gasteiger partial charge in [0, 0.05) is 25.2 Å². The molecule has 1 aromatic heterocycles. The molecule has 4 heteroatoms. The van der Waals surface area contributed by atoms with Gasteiger partial charge in [-0.15, -0.1) is 0 Å². The fourth-order valence-electron chi connectivity index (χ4n) is 6.58. The van der Waals surface area contributed by atoms with Gasteiger partial charge in [0.1, 0.15) is 12.0 Å². The normalized spacial score (nSPS) is 12.2. The van der Waals surface area contributed by atoms with Crippen LogP contribution >= 0.6 is 0 Å². The van der Waals surface area contributed by atoms with Crippen LogP contribution in [-0.4, -0.2) is 15.5 Å². The van der Waals surface area contributed by atoms with E-state index in [0.717, 1.165) is 18.7 Å². The van der Waals surface area contributed by atoms with Gasteiger partial charge < -0.3 is 9.88 Å². The van der Waals surface area contributed by atoms with Crippen molar-refractivity contribution in [1.29, 1.82) is 0 Å². The van der Waals surface area contributed by atoms with E-state index in [4.69, 9.17) is 0 Å². The minimum absolute atomic E-state index is 0.0207. The zero-order valence-corrected chi connectivity index (χ0v) is 30.2. The first-order chi connectivity index (χ1) is 21.7. The number of carbonyl (C=O) groups excluding carboxylic acids is 1. The summed E-state index contributed by atoms with van der Waals surface area (Å²) < 4.78 is 2.16. The molecule has 1 unspecified atom stereocenters. The SMILES string of the molecule is CCCCCCCCCCCCCCCCCC(=O)NC(C)n1ccnc1CCCCCCCCCCCCCCCCC. The molecule has 0 aliphatic heterocycles. The fraction of sp³-hybridized carbons (Fsp3) is 0.900. The van der Waals surface area contributed by atoms with Gasteiger partial charge in [-0.3, -0.25) is 4.79 Å². The third-order valence-electron chi connectivity index (χ3n) is 9.55. The predicted octanol–water partition coefficient (Wildman–Crippen LogP) is 13.2. The smallest absolute Gasteiger partial charge is 0.221 e. The van der Waals surface area contributed by atoms with E-state index in [2.05, 4.69) is 35.6 Å². The highest BCUT2D eigenvalue weighted by molar-refractivity contribution is 5.75. The molecule has 258 valence electrons. The molecular weight excluding hydrogens is 538 g/mol. The Balaban J connectivity index is 1.95. The summed E-state index contributed by atoms with van der Waals surface area (Å²) in [6, 6.07) is 0. The molecule has 1 rings (SSSR count). The Bertz CT molecular complexity index is 730. The van der Waals surface area contributed by atoms with Crippen molar-refractivity contribution in [2.75, 3.05) is 0 Å². The molecule has 1 amide bonds. The van der Waals surface area contributed by atoms with Crippen molar-refractivity contribution in [3.05, 3.63) is 18.2 Å². The first-order valence-electron chi connectivity index (χ1n) is 20.0. The summed E-state index contributed by atoms with van der Waals surface area (Å²) in [6.07, 6.45) is 46.7. The van der Waals surface area contributed by atoms with Crippen LogP contribution in [0.2, 0.25) is 0 Å². The van der Waals surface area contributed by atoms with Crippen molar-refractivity contribution in [2.24, 2.45) is 0 Å². The third kappa shape index (κ3) is 24.9. The van der Waals surface area contributed by atoms with Crippen LogP contribution in [0.3, 0.4) is 0 Å². The van der Waals surface area contributed by atoms with Gasteiger partial charge in [-0.25, -0.2) is 4.98 Å². The molecule has 0 spiro atoms. The summed E-state index contributed by atoms with van der Waals surface area (Å²) in [5.74, 6) is 1.29. The van der Waals surface area contributed by atoms with Gasteiger partial charge in [-0.2, -0.15) is 0 Å². The lowest BCUT2D eigenvalue weighted by atomic mass is 10.0. The number of hydrogen-bond acceptors (Lipinski definition) is 2. The molecule has 0 aromatic carbocycles. The molecule has 1 atom stereocenters. The molecule has 4 nitrogen and oxygen atoms in total. The van der Waals surface area contributed by atoms with Crippen LogP contribution < -0.4 is 5.32 Å². The van der Waals surface area contributed by atoms with E-state index < -0.39 is 0 Å². The number of aromatic nitrogens is 2. The molecule has 1 aromatic rings. The number of rotatable bonds is 34. The first-order valence-corrected chi connectivity index (χ1v) is 20.0. The molecule has 0 saturated carbocycles. The number of unbranched alkanes of at least 4 members (excludes halogenated alkanes) is 28. The highest BCUT2D eigenvalue weighted by Crippen LogP contribution is 2.16. The lowest BCUT2D eigenvalue weighted by molar-refractivity contribution is -0.122. The first kappa shape index (κ1) is 40.7. The summed E-state index contributed by atoms with van der Waals surface area (Å²) in [5.41, 5.74) is 0. The van der Waals surface area contributed by atoms with E-state index in [1.807, 2.05) is 12.4 Å². The number of nitrogens with zero attached hydrogens (tertiary/aromatic N) is 2. The molecule has 0 bridgehead atoms. The van der Waals surface area contributed by atoms with E-state index in [-0.39, 0.29) is 12.1 Å². The fourth-order valence-corrected chi connectivity index (χ4v) is 6.58. The number of amides is 1. The molecule has 44 heavy (non-hydrogen) atoms. The van der Waals surface area contributed by atoms with Crippen molar-refractivity contribution in [3.63, 3.8) is 0 Å². The van der Waals surface area contributed by atoms with Crippen LogP contribution in [-0.2, 0) is 11.2 Å². The minimum atomic E-state index is -0.0207. The van der Waals surface area contributed by atoms with Crippen molar-refractivity contribution < 1.29 is 4.79 Å². The average Bonchev–Trinajstić information content (AvgIpc) is 3.50. The van der Waals surface area contributed by atoms with E-state index in [1.165, 1.54) is 186 Å². The second-order valence-electron chi connectivity index (χ2n) is 13.9. The van der Waals surface area contributed by atoms with Gasteiger partial charge in [0.25, 0.3) is 0 Å². The Morgan fingerprint density at radius 3 is 1.30 bits per heavy atom. The number of nitrogens with one attached hydrogen (secondary N) is 1. The van der Waals surface area contributed by atoms with Crippen molar-refractivity contribution in [2.45, 2.75) is 232 Å². The molecule has 0 radical (unpaired) electrons. The number of imidazole rings is 1. The number of aryl methyl sites for hydroxylation is 1. The lowest BCUT2D eigenvalue weighted by Crippen LogP contribution is -2.30. The highest BCUT2D eigenvalue weighted by atomic mass is 16.1. The quantitative estimate of drug-likeness (QED) is 0.0784. The van der Waals surface area contributed by atoms with Gasteiger partial charge in [-0.1, -0.05) is 194 Å². The van der Waals surface area contributed by atoms with Gasteiger partial charge in [0.05, 0.1) is 0 Å². The molecule has 0 fully saturated rings. The molecular formula is C40H77N3O. The van der Waals surface area contributed by atoms with E-state index >= 15 is 0 Å². The van der Waals surface area contributed by atoms with Gasteiger partial charge in [0.15, 0.2) is 0 Å². The zero-order chi connectivity index (χ0) is 31.8. The van der Waals surface area contributed by atoms with Gasteiger partial charge in [-0.05, 0) is 19.8 Å². The molecule has 0 aliphatic rings. The molecule has 0 saturated heterocycles. The number of carbonyl (C=O) groups is 1. The average molecular weight is 616 g/mol. The summed E-state index contributed by atoms with van der Waals surface area (Å²) in [7, 11) is 0. The zero-order valence-electron chi connectivity index (χ0n) is 30.2. The summed E-state index contributed by atoms with van der Waals surface area (Å²) in [6.45, 7) is 6.67. The van der Waals surface area contributed by atoms with Crippen LogP contribution in [0, 0.1) is 0 Å². The monoisotopic (exact) mass is 616 g/mol. The Hall–Kier alpha value is -1.32. The lowest BCUT2D eigenvalue weighted by Gasteiger charge is -2.18. The minimum Gasteiger partial charge on any atom is -0.336 e. The Morgan fingerprint density at radius 2 is 0.909 bits per heavy atom. The van der Waals surface area contributed by atoms with E-state index in [9.17, 15) is 4.79 Å². The van der Waals surface area contributed by atoms with Crippen molar-refractivity contribution >= 4 is 5.91 Å². The topological polar surface area (TPSA) is 46.9 Å². The summed E-state index contributed by atoms with van der Waals surface area (Å²) >= 11 is 0. The number of hydrogen-bond donors (Lipinski definition) is 1. The van der Waals surface area contributed by atoms with E-state index in [0.29, 0.717) is 6.42 Å². The Morgan fingerprint density at radius 1 is 0.568 bits per heavy atom. The van der Waals surface area contributed by atoms with Gasteiger partial charge >= 0.3 is 0 Å². The summed E-state index contributed by atoms with van der Waals surface area (Å²) in [5, 5.41) is 3.21. The summed E-state index contributed by atoms with van der Waals surface area (Å²) in [4.78, 5) is 17.2. The molecule has 1 N–H and O–H groups in total. The van der Waals surface area contributed by atoms with Crippen molar-refractivity contribution in [3.8, 4) is 0 Å². The second-order valence-corrected chi connectivity index (χ2v) is 13.9. The maximum Gasteiger partial charge on any atom is 0.221 e. The van der Waals surface area contributed by atoms with Crippen LogP contribution in [0.15, 0.2) is 12.4 Å². The maximum absolute atomic E-state index is 12.6. The van der Waals surface area contributed by atoms with Crippen LogP contribution in [0.4, 0.5) is 0 Å². The second kappa shape index (κ2) is 31.7. The highest BCUT2D eigenvalue weighted by Gasteiger charge is 2.12. The predicted molar refractivity (Wildman–Crippen MR) is 193 cm³/mol.